The lowest BCUT2D eigenvalue weighted by molar-refractivity contribution is -0.147. The molecule has 1 aromatic rings. The zero-order valence-corrected chi connectivity index (χ0v) is 12.3. The summed E-state index contributed by atoms with van der Waals surface area (Å²) < 4.78 is 24.8. The Kier molecular flexibility index (Phi) is 3.39. The molecule has 0 fully saturated rings. The van der Waals surface area contributed by atoms with Gasteiger partial charge in [0.05, 0.1) is 15.6 Å². The normalized spacial score (nSPS) is 21.1. The molecule has 6 heteroatoms. The summed E-state index contributed by atoms with van der Waals surface area (Å²) in [6.07, 6.45) is 0.365. The van der Waals surface area contributed by atoms with E-state index in [9.17, 15) is 13.2 Å². The predicted molar refractivity (Wildman–Crippen MR) is 72.2 cm³/mol. The average Bonchev–Trinajstić information content (AvgIpc) is 2.53. The van der Waals surface area contributed by atoms with Crippen LogP contribution in [0.2, 0.25) is 5.02 Å². The first-order chi connectivity index (χ1) is 8.66. The van der Waals surface area contributed by atoms with Crippen molar-refractivity contribution in [3.63, 3.8) is 0 Å². The summed E-state index contributed by atoms with van der Waals surface area (Å²) in [5.74, 6) is -0.996. The number of sulfone groups is 1. The van der Waals surface area contributed by atoms with Gasteiger partial charge >= 0.3 is 5.97 Å². The molecule has 0 saturated heterocycles. The molecule has 2 rings (SSSR count). The summed E-state index contributed by atoms with van der Waals surface area (Å²) in [5, 5.41) is 8.84. The Bertz CT molecular complexity index is 634. The van der Waals surface area contributed by atoms with Crippen LogP contribution >= 0.6 is 11.6 Å². The Morgan fingerprint density at radius 2 is 2.11 bits per heavy atom. The van der Waals surface area contributed by atoms with Crippen molar-refractivity contribution in [1.29, 1.82) is 0 Å². The van der Waals surface area contributed by atoms with Crippen LogP contribution in [0.3, 0.4) is 0 Å². The fourth-order valence-corrected chi connectivity index (χ4v) is 4.85. The van der Waals surface area contributed by atoms with Crippen LogP contribution in [0.5, 0.6) is 0 Å². The van der Waals surface area contributed by atoms with Gasteiger partial charge in [-0.3, -0.25) is 4.79 Å². The second-order valence-electron chi connectivity index (χ2n) is 5.48. The Balaban J connectivity index is 2.40. The second-order valence-corrected chi connectivity index (χ2v) is 8.08. The highest BCUT2D eigenvalue weighted by Crippen LogP contribution is 2.40. The topological polar surface area (TPSA) is 71.4 Å². The third-order valence-electron chi connectivity index (χ3n) is 3.57. The van der Waals surface area contributed by atoms with Gasteiger partial charge < -0.3 is 5.11 Å². The monoisotopic (exact) mass is 302 g/mol. The van der Waals surface area contributed by atoms with Crippen LogP contribution in [0.4, 0.5) is 0 Å². The smallest absolute Gasteiger partial charge is 0.309 e. The number of carboxylic acid groups (broad SMARTS) is 1. The van der Waals surface area contributed by atoms with Crippen LogP contribution in [-0.4, -0.2) is 24.7 Å². The number of fused-ring (bicyclic) bond motifs is 1. The van der Waals surface area contributed by atoms with E-state index in [0.717, 1.165) is 0 Å². The molecule has 19 heavy (non-hydrogen) atoms. The lowest BCUT2D eigenvalue weighted by Gasteiger charge is -2.22. The average molecular weight is 303 g/mol. The summed E-state index contributed by atoms with van der Waals surface area (Å²) in [6, 6.07) is 4.79. The zero-order chi connectivity index (χ0) is 14.4. The van der Waals surface area contributed by atoms with E-state index in [-0.39, 0.29) is 17.7 Å². The number of carboxylic acids is 1. The van der Waals surface area contributed by atoms with Crippen molar-refractivity contribution in [1.82, 2.24) is 0 Å². The summed E-state index contributed by atoms with van der Waals surface area (Å²) in [5.41, 5.74) is -0.470. The molecule has 0 amide bonds. The van der Waals surface area contributed by atoms with Crippen molar-refractivity contribution in [2.45, 2.75) is 36.8 Å². The molecule has 1 atom stereocenters. The first kappa shape index (κ1) is 14.3. The fraction of sp³-hybridized carbons (Fsp3) is 0.462. The largest absolute Gasteiger partial charge is 0.481 e. The van der Waals surface area contributed by atoms with Gasteiger partial charge in [0.25, 0.3) is 0 Å². The van der Waals surface area contributed by atoms with Crippen LogP contribution in [0.1, 0.15) is 25.8 Å². The van der Waals surface area contributed by atoms with Gasteiger partial charge in [-0.2, -0.15) is 0 Å². The van der Waals surface area contributed by atoms with E-state index in [1.165, 1.54) is 19.9 Å². The molecule has 0 aromatic heterocycles. The molecule has 0 aliphatic carbocycles. The van der Waals surface area contributed by atoms with Crippen molar-refractivity contribution in [3.05, 3.63) is 28.8 Å². The minimum Gasteiger partial charge on any atom is -0.481 e. The van der Waals surface area contributed by atoms with Crippen LogP contribution in [0.15, 0.2) is 23.1 Å². The summed E-state index contributed by atoms with van der Waals surface area (Å²) in [7, 11) is -3.48. The molecule has 0 bridgehead atoms. The molecule has 0 spiro atoms. The zero-order valence-electron chi connectivity index (χ0n) is 10.7. The minimum atomic E-state index is -3.48. The van der Waals surface area contributed by atoms with Gasteiger partial charge in [-0.25, -0.2) is 8.42 Å². The first-order valence-corrected chi connectivity index (χ1v) is 7.83. The van der Waals surface area contributed by atoms with Crippen molar-refractivity contribution < 1.29 is 18.3 Å². The number of hydrogen-bond donors (Lipinski definition) is 1. The van der Waals surface area contributed by atoms with E-state index in [0.29, 0.717) is 10.6 Å². The summed E-state index contributed by atoms with van der Waals surface area (Å²) in [4.78, 5) is 11.4. The highest BCUT2D eigenvalue weighted by molar-refractivity contribution is 7.92. The molecule has 1 aliphatic rings. The van der Waals surface area contributed by atoms with Gasteiger partial charge in [0.1, 0.15) is 0 Å². The molecule has 0 radical (unpaired) electrons. The van der Waals surface area contributed by atoms with Gasteiger partial charge in [0, 0.05) is 5.02 Å². The molecule has 1 heterocycles. The van der Waals surface area contributed by atoms with E-state index in [4.69, 9.17) is 16.7 Å². The van der Waals surface area contributed by atoms with Crippen molar-refractivity contribution >= 4 is 27.4 Å². The van der Waals surface area contributed by atoms with E-state index >= 15 is 0 Å². The predicted octanol–water partition coefficient (Wildman–Crippen LogP) is 2.54. The van der Waals surface area contributed by atoms with Crippen LogP contribution in [0.25, 0.3) is 0 Å². The van der Waals surface area contributed by atoms with Gasteiger partial charge in [-0.1, -0.05) is 17.7 Å². The lowest BCUT2D eigenvalue weighted by Crippen LogP contribution is -2.31. The molecule has 1 aromatic carbocycles. The van der Waals surface area contributed by atoms with Crippen LogP contribution < -0.4 is 0 Å². The highest BCUT2D eigenvalue weighted by Gasteiger charge is 2.43. The van der Waals surface area contributed by atoms with E-state index in [2.05, 4.69) is 0 Å². The number of halogens is 1. The Labute approximate surface area is 117 Å². The van der Waals surface area contributed by atoms with Gasteiger partial charge in [0.15, 0.2) is 9.84 Å². The molecule has 4 nitrogen and oxygen atoms in total. The molecular formula is C13H15ClO4S. The molecule has 1 aliphatic heterocycles. The third kappa shape index (κ3) is 2.37. The van der Waals surface area contributed by atoms with Crippen molar-refractivity contribution in [3.8, 4) is 0 Å². The summed E-state index contributed by atoms with van der Waals surface area (Å²) >= 11 is 6.02. The summed E-state index contributed by atoms with van der Waals surface area (Å²) in [6.45, 7) is 3.07. The number of carbonyl (C=O) groups is 1. The van der Waals surface area contributed by atoms with Crippen molar-refractivity contribution in [2.75, 3.05) is 0 Å². The number of rotatable bonds is 3. The van der Waals surface area contributed by atoms with Gasteiger partial charge in [-0.05, 0) is 44.4 Å². The molecule has 1 unspecified atom stereocenters. The van der Waals surface area contributed by atoms with Crippen LogP contribution in [-0.2, 0) is 21.1 Å². The highest BCUT2D eigenvalue weighted by atomic mass is 35.5. The second kappa shape index (κ2) is 4.49. The Morgan fingerprint density at radius 1 is 1.47 bits per heavy atom. The van der Waals surface area contributed by atoms with E-state index < -0.39 is 26.5 Å². The first-order valence-electron chi connectivity index (χ1n) is 5.91. The maximum Gasteiger partial charge on any atom is 0.309 e. The van der Waals surface area contributed by atoms with Gasteiger partial charge in [0.2, 0.25) is 0 Å². The minimum absolute atomic E-state index is 0.0790. The number of hydrogen-bond acceptors (Lipinski definition) is 3. The standard InChI is InChI=1S/C13H15ClO4S/c1-13(2,12(15)16)7-8-6-9-10(14)4-3-5-11(9)19(8,17)18/h3-5,8H,6-7H2,1-2H3,(H,15,16). The maximum absolute atomic E-state index is 12.4. The molecule has 0 saturated carbocycles. The van der Waals surface area contributed by atoms with E-state index in [1.807, 2.05) is 0 Å². The third-order valence-corrected chi connectivity index (χ3v) is 6.13. The number of aliphatic carboxylic acids is 1. The molecule has 1 N–H and O–H groups in total. The maximum atomic E-state index is 12.4. The SMILES string of the molecule is CC(C)(CC1Cc2c(Cl)cccc2S1(=O)=O)C(=O)O. The molecule has 104 valence electrons. The quantitative estimate of drug-likeness (QED) is 0.931. The molecular weight excluding hydrogens is 288 g/mol. The Morgan fingerprint density at radius 3 is 2.63 bits per heavy atom. The van der Waals surface area contributed by atoms with Gasteiger partial charge in [-0.15, -0.1) is 0 Å². The Hall–Kier alpha value is -1.07. The van der Waals surface area contributed by atoms with Crippen LogP contribution in [0, 0.1) is 5.41 Å². The lowest BCUT2D eigenvalue weighted by atomic mass is 9.86. The fourth-order valence-electron chi connectivity index (χ4n) is 2.36. The van der Waals surface area contributed by atoms with Crippen molar-refractivity contribution in [2.24, 2.45) is 5.41 Å². The van der Waals surface area contributed by atoms with E-state index in [1.54, 1.807) is 12.1 Å². The number of benzene rings is 1.